The zero-order valence-corrected chi connectivity index (χ0v) is 11.3. The normalized spacial score (nSPS) is 12.4. The molecule has 96 valence electrons. The third-order valence-electron chi connectivity index (χ3n) is 2.38. The Morgan fingerprint density at radius 3 is 2.89 bits per heavy atom. The Balaban J connectivity index is 2.21. The van der Waals surface area contributed by atoms with Crippen molar-refractivity contribution in [2.45, 2.75) is 13.0 Å². The Labute approximate surface area is 112 Å². The first-order valence-corrected chi connectivity index (χ1v) is 6.36. The SMILES string of the molecule is CC(Nc1nn(C)cc1[N+](=O)[O-])c1ccc(Cl)s1. The number of hydrogen-bond donors (Lipinski definition) is 1. The Bertz CT molecular complexity index is 580. The Morgan fingerprint density at radius 2 is 2.33 bits per heavy atom. The molecule has 0 spiro atoms. The van der Waals surface area contributed by atoms with Crippen molar-refractivity contribution in [3.63, 3.8) is 0 Å². The lowest BCUT2D eigenvalue weighted by molar-refractivity contribution is -0.384. The molecule has 6 nitrogen and oxygen atoms in total. The fourth-order valence-electron chi connectivity index (χ4n) is 1.55. The van der Waals surface area contributed by atoms with Gasteiger partial charge >= 0.3 is 5.69 Å². The molecule has 18 heavy (non-hydrogen) atoms. The Morgan fingerprint density at radius 1 is 1.61 bits per heavy atom. The van der Waals surface area contributed by atoms with Gasteiger partial charge in [0.25, 0.3) is 0 Å². The van der Waals surface area contributed by atoms with Crippen LogP contribution in [0.1, 0.15) is 17.8 Å². The maximum Gasteiger partial charge on any atom is 0.330 e. The molecule has 1 N–H and O–H groups in total. The molecule has 8 heteroatoms. The van der Waals surface area contributed by atoms with E-state index < -0.39 is 4.92 Å². The molecule has 1 atom stereocenters. The van der Waals surface area contributed by atoms with E-state index in [0.29, 0.717) is 4.34 Å². The highest BCUT2D eigenvalue weighted by molar-refractivity contribution is 7.16. The van der Waals surface area contributed by atoms with Gasteiger partial charge in [-0.25, -0.2) is 0 Å². The first-order valence-electron chi connectivity index (χ1n) is 5.17. The Kier molecular flexibility index (Phi) is 3.53. The van der Waals surface area contributed by atoms with Crippen LogP contribution in [0.4, 0.5) is 11.5 Å². The van der Waals surface area contributed by atoms with Crippen LogP contribution >= 0.6 is 22.9 Å². The van der Waals surface area contributed by atoms with Gasteiger partial charge in [0.2, 0.25) is 5.82 Å². The summed E-state index contributed by atoms with van der Waals surface area (Å²) in [5.41, 5.74) is -0.0352. The number of anilines is 1. The van der Waals surface area contributed by atoms with E-state index in [0.717, 1.165) is 4.88 Å². The third kappa shape index (κ3) is 2.62. The molecule has 0 aromatic carbocycles. The number of aromatic nitrogens is 2. The lowest BCUT2D eigenvalue weighted by Crippen LogP contribution is -2.07. The molecule has 0 radical (unpaired) electrons. The van der Waals surface area contributed by atoms with Crippen molar-refractivity contribution in [2.24, 2.45) is 7.05 Å². The van der Waals surface area contributed by atoms with Crippen LogP contribution in [0.3, 0.4) is 0 Å². The van der Waals surface area contributed by atoms with Crippen molar-refractivity contribution >= 4 is 34.4 Å². The van der Waals surface area contributed by atoms with Crippen LogP contribution in [-0.2, 0) is 7.05 Å². The second-order valence-electron chi connectivity index (χ2n) is 3.80. The smallest absolute Gasteiger partial charge is 0.330 e. The summed E-state index contributed by atoms with van der Waals surface area (Å²) in [5, 5.41) is 17.9. The summed E-state index contributed by atoms with van der Waals surface area (Å²) >= 11 is 7.29. The van der Waals surface area contributed by atoms with Gasteiger partial charge in [0.05, 0.1) is 15.3 Å². The van der Waals surface area contributed by atoms with Crippen molar-refractivity contribution < 1.29 is 4.92 Å². The molecule has 2 aromatic rings. The van der Waals surface area contributed by atoms with Crippen LogP contribution in [0.2, 0.25) is 4.34 Å². The first kappa shape index (κ1) is 12.8. The number of nitrogens with zero attached hydrogens (tertiary/aromatic N) is 3. The number of thiophene rings is 1. The predicted octanol–water partition coefficient (Wildman–Crippen LogP) is 3.22. The van der Waals surface area contributed by atoms with Crippen molar-refractivity contribution in [3.8, 4) is 0 Å². The lowest BCUT2D eigenvalue weighted by atomic mass is 10.3. The lowest BCUT2D eigenvalue weighted by Gasteiger charge is -2.10. The van der Waals surface area contributed by atoms with Gasteiger partial charge in [-0.3, -0.25) is 14.8 Å². The molecule has 0 aliphatic carbocycles. The molecule has 2 aromatic heterocycles. The van der Waals surface area contributed by atoms with Crippen LogP contribution in [0, 0.1) is 10.1 Å². The van der Waals surface area contributed by atoms with Crippen LogP contribution in [0.15, 0.2) is 18.3 Å². The molecule has 1 unspecified atom stereocenters. The summed E-state index contributed by atoms with van der Waals surface area (Å²) < 4.78 is 2.10. The molecule has 0 amide bonds. The van der Waals surface area contributed by atoms with E-state index >= 15 is 0 Å². The third-order valence-corrected chi connectivity index (χ3v) is 3.79. The molecule has 0 saturated carbocycles. The summed E-state index contributed by atoms with van der Waals surface area (Å²) in [7, 11) is 1.64. The van der Waals surface area contributed by atoms with E-state index in [1.54, 1.807) is 13.1 Å². The number of aryl methyl sites for hydroxylation is 1. The van der Waals surface area contributed by atoms with Crippen LogP contribution in [0.5, 0.6) is 0 Å². The van der Waals surface area contributed by atoms with Crippen molar-refractivity contribution in [3.05, 3.63) is 37.7 Å². The number of hydrogen-bond acceptors (Lipinski definition) is 5. The summed E-state index contributed by atoms with van der Waals surface area (Å²) in [6.07, 6.45) is 1.37. The first-order chi connectivity index (χ1) is 8.47. The van der Waals surface area contributed by atoms with Gasteiger partial charge in [-0.05, 0) is 19.1 Å². The van der Waals surface area contributed by atoms with Crippen LogP contribution < -0.4 is 5.32 Å². The minimum atomic E-state index is -0.455. The van der Waals surface area contributed by atoms with Crippen molar-refractivity contribution in [2.75, 3.05) is 5.32 Å². The quantitative estimate of drug-likeness (QED) is 0.692. The number of rotatable bonds is 4. The molecule has 0 bridgehead atoms. The highest BCUT2D eigenvalue weighted by Crippen LogP contribution is 2.31. The molecule has 0 fully saturated rings. The van der Waals surface area contributed by atoms with E-state index in [-0.39, 0.29) is 17.5 Å². The van der Waals surface area contributed by atoms with Gasteiger partial charge in [0.1, 0.15) is 6.20 Å². The van der Waals surface area contributed by atoms with E-state index in [1.807, 2.05) is 13.0 Å². The second kappa shape index (κ2) is 4.95. The summed E-state index contributed by atoms with van der Waals surface area (Å²) in [6.45, 7) is 1.90. The maximum absolute atomic E-state index is 10.9. The average Bonchev–Trinajstić information content (AvgIpc) is 2.85. The predicted molar refractivity (Wildman–Crippen MR) is 71.2 cm³/mol. The number of halogens is 1. The second-order valence-corrected chi connectivity index (χ2v) is 5.55. The maximum atomic E-state index is 10.9. The van der Waals surface area contributed by atoms with Crippen LogP contribution in [-0.4, -0.2) is 14.7 Å². The minimum absolute atomic E-state index is 0.0352. The topological polar surface area (TPSA) is 73.0 Å². The van der Waals surface area contributed by atoms with Gasteiger partial charge in [0.15, 0.2) is 0 Å². The molecular weight excluding hydrogens is 276 g/mol. The van der Waals surface area contributed by atoms with E-state index in [1.165, 1.54) is 22.2 Å². The van der Waals surface area contributed by atoms with Gasteiger partial charge in [-0.2, -0.15) is 0 Å². The van der Waals surface area contributed by atoms with Gasteiger partial charge in [-0.15, -0.1) is 16.4 Å². The van der Waals surface area contributed by atoms with Gasteiger partial charge in [0, 0.05) is 11.9 Å². The van der Waals surface area contributed by atoms with E-state index in [2.05, 4.69) is 10.4 Å². The van der Waals surface area contributed by atoms with E-state index in [9.17, 15) is 10.1 Å². The summed E-state index contributed by atoms with van der Waals surface area (Å²) in [4.78, 5) is 11.4. The largest absolute Gasteiger partial charge is 0.356 e. The molecule has 0 aliphatic rings. The van der Waals surface area contributed by atoms with Crippen molar-refractivity contribution in [1.82, 2.24) is 9.78 Å². The number of nitrogens with one attached hydrogen (secondary N) is 1. The average molecular weight is 287 g/mol. The monoisotopic (exact) mass is 286 g/mol. The zero-order valence-electron chi connectivity index (χ0n) is 9.75. The Hall–Kier alpha value is -1.60. The van der Waals surface area contributed by atoms with Gasteiger partial charge < -0.3 is 5.32 Å². The molecular formula is C10H11ClN4O2S. The fourth-order valence-corrected chi connectivity index (χ4v) is 2.61. The highest BCUT2D eigenvalue weighted by Gasteiger charge is 2.20. The number of nitro groups is 1. The summed E-state index contributed by atoms with van der Waals surface area (Å²) in [6, 6.07) is 3.60. The molecule has 0 saturated heterocycles. The van der Waals surface area contributed by atoms with E-state index in [4.69, 9.17) is 11.6 Å². The van der Waals surface area contributed by atoms with Gasteiger partial charge in [-0.1, -0.05) is 11.6 Å². The summed E-state index contributed by atoms with van der Waals surface area (Å²) in [5.74, 6) is 0.263. The highest BCUT2D eigenvalue weighted by atomic mass is 35.5. The molecule has 2 rings (SSSR count). The molecule has 0 aliphatic heterocycles. The fraction of sp³-hybridized carbons (Fsp3) is 0.300. The zero-order chi connectivity index (χ0) is 13.3. The standard InChI is InChI=1S/C10H11ClN4O2S/c1-6(8-3-4-9(11)18-8)12-10-7(15(16)17)5-14(2)13-10/h3-6H,1-2H3,(H,12,13). The minimum Gasteiger partial charge on any atom is -0.356 e. The molecule has 2 heterocycles. The van der Waals surface area contributed by atoms with Crippen LogP contribution in [0.25, 0.3) is 0 Å². The van der Waals surface area contributed by atoms with Crippen molar-refractivity contribution in [1.29, 1.82) is 0 Å².